The van der Waals surface area contributed by atoms with Gasteiger partial charge in [-0.1, -0.05) is 111 Å². The maximum absolute atomic E-state index is 4.08. The van der Waals surface area contributed by atoms with Gasteiger partial charge in [0, 0.05) is 0 Å². The molecule has 0 aliphatic carbocycles. The monoisotopic (exact) mass is 384 g/mol. The van der Waals surface area contributed by atoms with Crippen LogP contribution in [0.3, 0.4) is 0 Å². The summed E-state index contributed by atoms with van der Waals surface area (Å²) in [6.45, 7) is 18.2. The molecular formula is C28H48. The van der Waals surface area contributed by atoms with Crippen LogP contribution in [-0.4, -0.2) is 0 Å². The zero-order chi connectivity index (χ0) is 20.9. The number of hydrogen-bond donors (Lipinski definition) is 0. The summed E-state index contributed by atoms with van der Waals surface area (Å²) in [7, 11) is 0. The Balaban J connectivity index is 2.44. The molecule has 0 saturated carbocycles. The molecule has 1 rings (SSSR count). The molecule has 28 heavy (non-hydrogen) atoms. The second-order valence-corrected chi connectivity index (χ2v) is 10.2. The van der Waals surface area contributed by atoms with Gasteiger partial charge in [-0.2, -0.15) is 0 Å². The van der Waals surface area contributed by atoms with Gasteiger partial charge < -0.3 is 0 Å². The zero-order valence-electron chi connectivity index (χ0n) is 19.9. The summed E-state index contributed by atoms with van der Waals surface area (Å²) in [5, 5.41) is 0. The number of rotatable bonds is 15. The number of aryl methyl sites for hydroxylation is 2. The summed E-state index contributed by atoms with van der Waals surface area (Å²) in [5.41, 5.74) is 4.33. The lowest BCUT2D eigenvalue weighted by atomic mass is 9.90. The Morgan fingerprint density at radius 2 is 1.25 bits per heavy atom. The van der Waals surface area contributed by atoms with Gasteiger partial charge in [0.15, 0.2) is 0 Å². The fourth-order valence-electron chi connectivity index (χ4n) is 4.07. The van der Waals surface area contributed by atoms with E-state index in [-0.39, 0.29) is 0 Å². The molecule has 0 aliphatic rings. The molecule has 0 aliphatic heterocycles. The van der Waals surface area contributed by atoms with Gasteiger partial charge in [-0.25, -0.2) is 0 Å². The lowest BCUT2D eigenvalue weighted by Gasteiger charge is -2.15. The van der Waals surface area contributed by atoms with Gasteiger partial charge in [0.25, 0.3) is 0 Å². The number of benzene rings is 1. The molecule has 2 atom stereocenters. The molecule has 0 amide bonds. The molecule has 0 spiro atoms. The van der Waals surface area contributed by atoms with Crippen LogP contribution < -0.4 is 0 Å². The minimum Gasteiger partial charge on any atom is -0.0985 e. The Bertz CT molecular complexity index is 537. The first-order valence-corrected chi connectivity index (χ1v) is 12.1. The highest BCUT2D eigenvalue weighted by Gasteiger charge is 2.08. The summed E-state index contributed by atoms with van der Waals surface area (Å²) in [6.07, 6.45) is 15.3. The van der Waals surface area contributed by atoms with Crippen molar-refractivity contribution in [2.75, 3.05) is 0 Å². The van der Waals surface area contributed by atoms with Gasteiger partial charge >= 0.3 is 0 Å². The van der Waals surface area contributed by atoms with Crippen LogP contribution in [0.4, 0.5) is 0 Å². The maximum Gasteiger partial charge on any atom is -0.0228 e. The van der Waals surface area contributed by atoms with Crippen LogP contribution in [0.25, 0.3) is 6.08 Å². The topological polar surface area (TPSA) is 0 Å². The molecule has 0 nitrogen and oxygen atoms in total. The Labute approximate surface area is 177 Å². The molecule has 0 radical (unpaired) electrons. The van der Waals surface area contributed by atoms with Gasteiger partial charge in [-0.3, -0.25) is 0 Å². The largest absolute Gasteiger partial charge is 0.0985 e. The second-order valence-electron chi connectivity index (χ2n) is 10.2. The van der Waals surface area contributed by atoms with Crippen molar-refractivity contribution in [1.29, 1.82) is 0 Å². The van der Waals surface area contributed by atoms with E-state index in [0.717, 1.165) is 23.7 Å². The molecule has 0 bridgehead atoms. The SMILES string of the molecule is C=Cc1cc(CCC(C)CCCC(C)C)ccc1CCC(C)CCCC(C)C. The predicted molar refractivity (Wildman–Crippen MR) is 129 cm³/mol. The van der Waals surface area contributed by atoms with E-state index in [1.54, 1.807) is 0 Å². The fourth-order valence-corrected chi connectivity index (χ4v) is 4.07. The molecule has 0 aromatic heterocycles. The van der Waals surface area contributed by atoms with Crippen molar-refractivity contribution in [1.82, 2.24) is 0 Å². The van der Waals surface area contributed by atoms with Crippen LogP contribution >= 0.6 is 0 Å². The highest BCUT2D eigenvalue weighted by molar-refractivity contribution is 5.53. The van der Waals surface area contributed by atoms with E-state index in [0.29, 0.717) is 0 Å². The van der Waals surface area contributed by atoms with E-state index in [2.05, 4.69) is 72.4 Å². The highest BCUT2D eigenvalue weighted by Crippen LogP contribution is 2.23. The average Bonchev–Trinajstić information content (AvgIpc) is 2.64. The van der Waals surface area contributed by atoms with Crippen molar-refractivity contribution in [2.45, 2.75) is 106 Å². The molecule has 0 fully saturated rings. The minimum atomic E-state index is 0.822. The zero-order valence-corrected chi connectivity index (χ0v) is 19.9. The summed E-state index contributed by atoms with van der Waals surface area (Å²) >= 11 is 0. The first-order chi connectivity index (χ1) is 13.3. The smallest absolute Gasteiger partial charge is 0.0228 e. The third-order valence-corrected chi connectivity index (χ3v) is 6.22. The van der Waals surface area contributed by atoms with Crippen LogP contribution in [0, 0.1) is 23.7 Å². The summed E-state index contributed by atoms with van der Waals surface area (Å²) in [4.78, 5) is 0. The second kappa shape index (κ2) is 14.0. The van der Waals surface area contributed by atoms with E-state index in [1.807, 2.05) is 0 Å². The van der Waals surface area contributed by atoms with E-state index >= 15 is 0 Å². The Morgan fingerprint density at radius 1 is 0.714 bits per heavy atom. The van der Waals surface area contributed by atoms with Gasteiger partial charge in [-0.05, 0) is 66.0 Å². The predicted octanol–water partition coefficient (Wildman–Crippen LogP) is 9.12. The quantitative estimate of drug-likeness (QED) is 0.283. The normalized spacial score (nSPS) is 13.9. The van der Waals surface area contributed by atoms with Crippen LogP contribution in [0.2, 0.25) is 0 Å². The Kier molecular flexibility index (Phi) is 12.5. The van der Waals surface area contributed by atoms with Crippen LogP contribution in [-0.2, 0) is 12.8 Å². The lowest BCUT2D eigenvalue weighted by molar-refractivity contribution is 0.436. The van der Waals surface area contributed by atoms with Gasteiger partial charge in [0.05, 0.1) is 0 Å². The molecule has 0 heterocycles. The van der Waals surface area contributed by atoms with Crippen molar-refractivity contribution in [3.05, 3.63) is 41.5 Å². The van der Waals surface area contributed by atoms with E-state index in [1.165, 1.54) is 80.9 Å². The van der Waals surface area contributed by atoms with Crippen molar-refractivity contribution >= 4 is 6.08 Å². The Hall–Kier alpha value is -1.04. The summed E-state index contributed by atoms with van der Waals surface area (Å²) in [6, 6.07) is 7.13. The maximum atomic E-state index is 4.08. The molecule has 1 aromatic rings. The summed E-state index contributed by atoms with van der Waals surface area (Å²) < 4.78 is 0. The number of hydrogen-bond acceptors (Lipinski definition) is 0. The highest BCUT2D eigenvalue weighted by atomic mass is 14.1. The third kappa shape index (κ3) is 11.1. The van der Waals surface area contributed by atoms with E-state index < -0.39 is 0 Å². The molecule has 1 aromatic carbocycles. The van der Waals surface area contributed by atoms with Crippen molar-refractivity contribution in [3.8, 4) is 0 Å². The first-order valence-electron chi connectivity index (χ1n) is 12.1. The van der Waals surface area contributed by atoms with Crippen LogP contribution in [0.5, 0.6) is 0 Å². The molecule has 0 heteroatoms. The van der Waals surface area contributed by atoms with E-state index in [9.17, 15) is 0 Å². The third-order valence-electron chi connectivity index (χ3n) is 6.22. The van der Waals surface area contributed by atoms with Crippen molar-refractivity contribution < 1.29 is 0 Å². The molecule has 160 valence electrons. The van der Waals surface area contributed by atoms with Crippen LogP contribution in [0.15, 0.2) is 24.8 Å². The van der Waals surface area contributed by atoms with Crippen molar-refractivity contribution in [2.24, 2.45) is 23.7 Å². The summed E-state index contributed by atoms with van der Waals surface area (Å²) in [5.74, 6) is 3.33. The first kappa shape index (κ1) is 25.0. The fraction of sp³-hybridized carbons (Fsp3) is 0.714. The van der Waals surface area contributed by atoms with Gasteiger partial charge in [0.1, 0.15) is 0 Å². The lowest BCUT2D eigenvalue weighted by Crippen LogP contribution is -2.02. The van der Waals surface area contributed by atoms with Crippen LogP contribution in [0.1, 0.15) is 110 Å². The van der Waals surface area contributed by atoms with Gasteiger partial charge in [-0.15, -0.1) is 0 Å². The van der Waals surface area contributed by atoms with Crippen molar-refractivity contribution in [3.63, 3.8) is 0 Å². The molecule has 2 unspecified atom stereocenters. The molecular weight excluding hydrogens is 336 g/mol. The minimum absolute atomic E-state index is 0.822. The Morgan fingerprint density at radius 3 is 1.75 bits per heavy atom. The molecule has 0 N–H and O–H groups in total. The van der Waals surface area contributed by atoms with Gasteiger partial charge in [0.2, 0.25) is 0 Å². The molecule has 0 saturated heterocycles. The average molecular weight is 385 g/mol. The van der Waals surface area contributed by atoms with E-state index in [4.69, 9.17) is 0 Å². The standard InChI is InChI=1S/C28H48/c1-8-27-21-26(17-15-24(6)13-9-11-22(2)3)18-20-28(27)19-16-25(7)14-10-12-23(4)5/h8,18,20-25H,1,9-17,19H2,2-7H3.